The second-order valence-electron chi connectivity index (χ2n) is 5.91. The quantitative estimate of drug-likeness (QED) is 0.610. The average molecular weight is 441 g/mol. The van der Waals surface area contributed by atoms with Crippen LogP contribution in [0.4, 0.5) is 5.69 Å². The number of methoxy groups -OCH3 is 1. The molecule has 1 amide bonds. The maximum Gasteiger partial charge on any atom is 0.338 e. The van der Waals surface area contributed by atoms with Crippen LogP contribution in [-0.4, -0.2) is 40.1 Å². The predicted molar refractivity (Wildman–Crippen MR) is 109 cm³/mol. The highest BCUT2D eigenvalue weighted by Crippen LogP contribution is 2.28. The van der Waals surface area contributed by atoms with Gasteiger partial charge in [0.2, 0.25) is 10.0 Å². The summed E-state index contributed by atoms with van der Waals surface area (Å²) in [6, 6.07) is 10.1. The van der Waals surface area contributed by atoms with Crippen LogP contribution >= 0.6 is 11.6 Å². The number of halogens is 1. The molecule has 0 aromatic heterocycles. The number of ether oxygens (including phenoxy) is 2. The van der Waals surface area contributed by atoms with Gasteiger partial charge in [-0.25, -0.2) is 17.9 Å². The zero-order valence-corrected chi connectivity index (χ0v) is 17.6. The number of sulfonamides is 1. The molecule has 10 heteroatoms. The number of benzene rings is 2. The van der Waals surface area contributed by atoms with Crippen molar-refractivity contribution in [3.8, 4) is 5.75 Å². The van der Waals surface area contributed by atoms with Crippen molar-refractivity contribution in [2.24, 2.45) is 0 Å². The molecule has 2 aromatic rings. The highest BCUT2D eigenvalue weighted by molar-refractivity contribution is 7.89. The predicted octanol–water partition coefficient (Wildman–Crippen LogP) is 2.83. The number of hydrogen-bond donors (Lipinski definition) is 2. The number of hydrogen-bond acceptors (Lipinski definition) is 6. The number of carbonyl (C=O) groups is 2. The Morgan fingerprint density at radius 1 is 1.17 bits per heavy atom. The van der Waals surface area contributed by atoms with Crippen LogP contribution in [0.25, 0.3) is 0 Å². The van der Waals surface area contributed by atoms with Gasteiger partial charge in [-0.05, 0) is 43.3 Å². The van der Waals surface area contributed by atoms with Crippen LogP contribution in [0.3, 0.4) is 0 Å². The molecule has 0 spiro atoms. The molecule has 0 saturated carbocycles. The van der Waals surface area contributed by atoms with Crippen LogP contribution in [-0.2, 0) is 19.6 Å². The molecule has 0 heterocycles. The third kappa shape index (κ3) is 5.93. The van der Waals surface area contributed by atoms with E-state index in [0.717, 1.165) is 0 Å². The van der Waals surface area contributed by atoms with Gasteiger partial charge in [-0.1, -0.05) is 24.6 Å². The minimum Gasteiger partial charge on any atom is -0.495 e. The van der Waals surface area contributed by atoms with Crippen molar-refractivity contribution in [2.75, 3.05) is 19.0 Å². The van der Waals surface area contributed by atoms with Crippen LogP contribution in [0.2, 0.25) is 5.02 Å². The number of esters is 1. The lowest BCUT2D eigenvalue weighted by Gasteiger charge is -2.15. The lowest BCUT2D eigenvalue weighted by molar-refractivity contribution is -0.123. The zero-order valence-electron chi connectivity index (χ0n) is 16.1. The largest absolute Gasteiger partial charge is 0.495 e. The fourth-order valence-corrected chi connectivity index (χ4v) is 3.62. The van der Waals surface area contributed by atoms with E-state index in [2.05, 4.69) is 10.0 Å². The van der Waals surface area contributed by atoms with Crippen molar-refractivity contribution in [3.63, 3.8) is 0 Å². The van der Waals surface area contributed by atoms with E-state index in [9.17, 15) is 18.0 Å². The molecule has 0 saturated heterocycles. The summed E-state index contributed by atoms with van der Waals surface area (Å²) >= 11 is 5.93. The van der Waals surface area contributed by atoms with Crippen molar-refractivity contribution in [2.45, 2.75) is 24.8 Å². The first-order chi connectivity index (χ1) is 13.7. The highest BCUT2D eigenvalue weighted by Gasteiger charge is 2.22. The van der Waals surface area contributed by atoms with Gasteiger partial charge in [0.1, 0.15) is 5.75 Å². The number of carbonyl (C=O) groups excluding carboxylic acids is 2. The van der Waals surface area contributed by atoms with E-state index in [1.807, 2.05) is 0 Å². The number of rotatable bonds is 8. The maximum absolute atomic E-state index is 12.4. The van der Waals surface area contributed by atoms with Crippen LogP contribution in [0.1, 0.15) is 24.2 Å². The van der Waals surface area contributed by atoms with E-state index < -0.39 is 28.0 Å². The van der Waals surface area contributed by atoms with Gasteiger partial charge in [0.15, 0.2) is 6.10 Å². The van der Waals surface area contributed by atoms with Crippen LogP contribution in [0, 0.1) is 0 Å². The normalized spacial score (nSPS) is 12.1. The summed E-state index contributed by atoms with van der Waals surface area (Å²) in [6.07, 6.45) is -1.15. The van der Waals surface area contributed by atoms with Crippen molar-refractivity contribution in [1.82, 2.24) is 4.72 Å². The molecule has 8 nitrogen and oxygen atoms in total. The number of nitrogens with one attached hydrogen (secondary N) is 2. The molecular weight excluding hydrogens is 420 g/mol. The minimum atomic E-state index is -3.73. The van der Waals surface area contributed by atoms with Crippen LogP contribution in [0.5, 0.6) is 5.75 Å². The number of amides is 1. The monoisotopic (exact) mass is 440 g/mol. The molecule has 29 heavy (non-hydrogen) atoms. The lowest BCUT2D eigenvalue weighted by atomic mass is 10.2. The summed E-state index contributed by atoms with van der Waals surface area (Å²) in [5, 5.41) is 2.97. The molecule has 156 valence electrons. The Balaban J connectivity index is 2.11. The van der Waals surface area contributed by atoms with Crippen LogP contribution in [0.15, 0.2) is 47.4 Å². The molecule has 0 bridgehead atoms. The highest BCUT2D eigenvalue weighted by atomic mass is 35.5. The van der Waals surface area contributed by atoms with Gasteiger partial charge in [-0.15, -0.1) is 0 Å². The Labute approximate surface area is 174 Å². The second kappa shape index (κ2) is 9.73. The van der Waals surface area contributed by atoms with Gasteiger partial charge in [0.25, 0.3) is 5.91 Å². The molecule has 2 aromatic carbocycles. The van der Waals surface area contributed by atoms with Crippen molar-refractivity contribution in [1.29, 1.82) is 0 Å². The van der Waals surface area contributed by atoms with E-state index in [0.29, 0.717) is 16.5 Å². The molecule has 2 rings (SSSR count). The van der Waals surface area contributed by atoms with Crippen molar-refractivity contribution < 1.29 is 27.5 Å². The average Bonchev–Trinajstić information content (AvgIpc) is 2.68. The SMILES string of the molecule is CCNS(=O)(=O)c1cccc(C(=O)OC(C)C(=O)Nc2cc(Cl)ccc2OC)c1. The molecular formula is C19H21ClN2O6S. The molecule has 0 aliphatic heterocycles. The van der Waals surface area contributed by atoms with Gasteiger partial charge in [-0.3, -0.25) is 4.79 Å². The van der Waals surface area contributed by atoms with Crippen molar-refractivity contribution >= 4 is 39.2 Å². The Morgan fingerprint density at radius 2 is 1.90 bits per heavy atom. The van der Waals surface area contributed by atoms with E-state index in [4.69, 9.17) is 21.1 Å². The summed E-state index contributed by atoms with van der Waals surface area (Å²) in [7, 11) is -2.29. The fourth-order valence-electron chi connectivity index (χ4n) is 2.36. The second-order valence-corrected chi connectivity index (χ2v) is 8.11. The Bertz CT molecular complexity index is 1010. The lowest BCUT2D eigenvalue weighted by Crippen LogP contribution is -2.30. The number of anilines is 1. The summed E-state index contributed by atoms with van der Waals surface area (Å²) in [5.74, 6) is -1.04. The van der Waals surface area contributed by atoms with Gasteiger partial charge >= 0.3 is 5.97 Å². The molecule has 1 unspecified atom stereocenters. The first kappa shape index (κ1) is 22.7. The summed E-state index contributed by atoms with van der Waals surface area (Å²) in [6.45, 7) is 3.25. The Kier molecular flexibility index (Phi) is 7.60. The fraction of sp³-hybridized carbons (Fsp3) is 0.263. The minimum absolute atomic E-state index is 0.00367. The third-order valence-electron chi connectivity index (χ3n) is 3.79. The standard InChI is InChI=1S/C19H21ClN2O6S/c1-4-21-29(25,26)15-7-5-6-13(10-15)19(24)28-12(2)18(23)22-16-11-14(20)8-9-17(16)27-3/h5-12,21H,4H2,1-3H3,(H,22,23). The van der Waals surface area contributed by atoms with E-state index in [1.165, 1.54) is 44.4 Å². The topological polar surface area (TPSA) is 111 Å². The van der Waals surface area contributed by atoms with E-state index >= 15 is 0 Å². The first-order valence-corrected chi connectivity index (χ1v) is 10.5. The summed E-state index contributed by atoms with van der Waals surface area (Å²) < 4.78 is 36.8. The summed E-state index contributed by atoms with van der Waals surface area (Å²) in [4.78, 5) is 24.7. The van der Waals surface area contributed by atoms with E-state index in [-0.39, 0.29) is 17.0 Å². The molecule has 0 aliphatic rings. The van der Waals surface area contributed by atoms with E-state index in [1.54, 1.807) is 19.1 Å². The molecule has 0 radical (unpaired) electrons. The molecule has 1 atom stereocenters. The molecule has 0 fully saturated rings. The maximum atomic E-state index is 12.4. The zero-order chi connectivity index (χ0) is 21.6. The summed E-state index contributed by atoms with van der Waals surface area (Å²) in [5.41, 5.74) is 0.329. The van der Waals surface area contributed by atoms with Gasteiger partial charge in [-0.2, -0.15) is 0 Å². The first-order valence-electron chi connectivity index (χ1n) is 8.63. The van der Waals surface area contributed by atoms with Gasteiger partial charge in [0, 0.05) is 11.6 Å². The molecule has 0 aliphatic carbocycles. The smallest absolute Gasteiger partial charge is 0.338 e. The Hall–Kier alpha value is -2.62. The molecule has 2 N–H and O–H groups in total. The Morgan fingerprint density at radius 3 is 2.55 bits per heavy atom. The van der Waals surface area contributed by atoms with Crippen molar-refractivity contribution in [3.05, 3.63) is 53.1 Å². The third-order valence-corrected chi connectivity index (χ3v) is 5.57. The van der Waals surface area contributed by atoms with Gasteiger partial charge in [0.05, 0.1) is 23.3 Å². The van der Waals surface area contributed by atoms with Gasteiger partial charge < -0.3 is 14.8 Å². The van der Waals surface area contributed by atoms with Crippen LogP contribution < -0.4 is 14.8 Å².